The zero-order valence-corrected chi connectivity index (χ0v) is 48.8. The first-order chi connectivity index (χ1) is 39.4. The molecule has 0 bridgehead atoms. The first-order valence-corrected chi connectivity index (χ1v) is 29.1. The number of aryl methyl sites for hydroxylation is 1. The monoisotopic (exact) mass is 1040 g/mol. The summed E-state index contributed by atoms with van der Waals surface area (Å²) in [5, 5.41) is 7.63. The van der Waals surface area contributed by atoms with Crippen molar-refractivity contribution >= 4 is 32.3 Å². The highest BCUT2D eigenvalue weighted by Gasteiger charge is 2.24. The van der Waals surface area contributed by atoms with Crippen molar-refractivity contribution in [2.24, 2.45) is 11.8 Å². The summed E-state index contributed by atoms with van der Waals surface area (Å²) in [5.74, 6) is 3.89. The van der Waals surface area contributed by atoms with Crippen molar-refractivity contribution in [2.75, 3.05) is 0 Å². The van der Waals surface area contributed by atoms with Crippen LogP contribution in [-0.2, 0) is 0 Å². The van der Waals surface area contributed by atoms with Crippen LogP contribution < -0.4 is 0 Å². The van der Waals surface area contributed by atoms with Gasteiger partial charge in [-0.15, -0.1) is 6.42 Å². The van der Waals surface area contributed by atoms with Crippen LogP contribution in [-0.4, -0.2) is 0 Å². The topological polar surface area (TPSA) is 0 Å². The van der Waals surface area contributed by atoms with Crippen LogP contribution in [0.1, 0.15) is 80.7 Å². The number of benzene rings is 11. The summed E-state index contributed by atoms with van der Waals surface area (Å²) in [6.45, 7) is 20.8. The Morgan fingerprint density at radius 1 is 0.412 bits per heavy atom. The second-order valence-corrected chi connectivity index (χ2v) is 20.0. The minimum absolute atomic E-state index is 0.660. The molecule has 1 aliphatic carbocycles. The molecule has 0 nitrogen and oxygen atoms in total. The van der Waals surface area contributed by atoms with E-state index in [0.717, 1.165) is 0 Å². The van der Waals surface area contributed by atoms with Crippen LogP contribution in [0.25, 0.3) is 110 Å². The normalized spacial score (nSPS) is 13.9. The van der Waals surface area contributed by atoms with Crippen molar-refractivity contribution in [2.45, 2.75) is 82.1 Å². The van der Waals surface area contributed by atoms with Crippen LogP contribution in [0.4, 0.5) is 0 Å². The molecule has 398 valence electrons. The Morgan fingerprint density at radius 3 is 1.12 bits per heavy atom. The minimum atomic E-state index is 0.660. The molecule has 0 N–H and O–H groups in total. The van der Waals surface area contributed by atoms with Gasteiger partial charge in [0.2, 0.25) is 0 Å². The van der Waals surface area contributed by atoms with Crippen LogP contribution in [0.3, 0.4) is 0 Å². The third-order valence-corrected chi connectivity index (χ3v) is 15.5. The lowest BCUT2D eigenvalue weighted by Gasteiger charge is -2.26. The Labute approximate surface area is 479 Å². The van der Waals surface area contributed by atoms with Gasteiger partial charge in [0.25, 0.3) is 0 Å². The van der Waals surface area contributed by atoms with Crippen molar-refractivity contribution in [3.05, 3.63) is 265 Å². The standard InChI is InChI=1S/C59H40.C15H20.3C2H6/c1-39-29-31-43(32-30-39)54-37-55(47-26-14-11-23-44(47)40-17-5-2-6-18-40)51-35-36-53-57(49-28-16-13-25-46(49)42-21-9-4-10-22-42)38-56(52-34-33-50(54)58(51)59(52)53)48-27-15-12-24-45(48)41-19-7-3-8-20-41;1-5-6-9-12(2)14(4)15-11-8-7-10-13(15)3;3*1-2/h2-38H,1H3;1,6-7,9-10,13,15H,8,11H2,2-4H3;3*1-2H3/b;9-6-,14-12+;;;. The van der Waals surface area contributed by atoms with E-state index in [-0.39, 0.29) is 0 Å². The fourth-order valence-electron chi connectivity index (χ4n) is 11.6. The van der Waals surface area contributed by atoms with Crippen molar-refractivity contribution in [1.82, 2.24) is 0 Å². The van der Waals surface area contributed by atoms with Gasteiger partial charge in [0, 0.05) is 0 Å². The molecule has 0 spiro atoms. The number of allylic oxidation sites excluding steroid dienone is 6. The Balaban J connectivity index is 0.000000344. The molecule has 0 amide bonds. The third-order valence-electron chi connectivity index (χ3n) is 15.5. The lowest BCUT2D eigenvalue weighted by molar-refractivity contribution is 0.434. The van der Waals surface area contributed by atoms with Gasteiger partial charge < -0.3 is 0 Å². The Kier molecular flexibility index (Phi) is 19.9. The summed E-state index contributed by atoms with van der Waals surface area (Å²) in [4.78, 5) is 0. The van der Waals surface area contributed by atoms with Crippen molar-refractivity contribution in [1.29, 1.82) is 0 Å². The second-order valence-electron chi connectivity index (χ2n) is 20.0. The van der Waals surface area contributed by atoms with Crippen LogP contribution in [0.15, 0.2) is 260 Å². The lowest BCUT2D eigenvalue weighted by atomic mass is 9.79. The first-order valence-electron chi connectivity index (χ1n) is 29.1. The molecule has 0 saturated carbocycles. The maximum absolute atomic E-state index is 5.21. The SMILES string of the molecule is C#C/C=C\C(C)=C(/C)C1CCC=CC1C.CC.CC.CC.Cc1ccc(-c2cc(-c3ccccc3-c3ccccc3)c3ccc4c(-c5ccccc5-c5ccccc5)cc(-c5ccccc5-c5ccccc5)c5ccc2c3c54)cc1. The molecule has 2 atom stereocenters. The van der Waals surface area contributed by atoms with Gasteiger partial charge >= 0.3 is 0 Å². The Bertz CT molecular complexity index is 3810. The maximum Gasteiger partial charge on any atom is -0.00139 e. The first kappa shape index (κ1) is 57.4. The lowest BCUT2D eigenvalue weighted by Crippen LogP contribution is -2.14. The Morgan fingerprint density at radius 2 is 0.750 bits per heavy atom. The molecule has 11 aromatic carbocycles. The molecule has 0 aromatic heterocycles. The van der Waals surface area contributed by atoms with E-state index in [0.29, 0.717) is 11.8 Å². The number of terminal acetylenes is 1. The minimum Gasteiger partial charge on any atom is -0.115 e. The van der Waals surface area contributed by atoms with E-state index in [9.17, 15) is 0 Å². The molecule has 80 heavy (non-hydrogen) atoms. The molecule has 0 saturated heterocycles. The van der Waals surface area contributed by atoms with Gasteiger partial charge in [-0.25, -0.2) is 0 Å². The van der Waals surface area contributed by atoms with Gasteiger partial charge in [0.05, 0.1) is 0 Å². The second kappa shape index (κ2) is 27.7. The number of hydrogen-bond donors (Lipinski definition) is 0. The molecule has 0 fully saturated rings. The van der Waals surface area contributed by atoms with E-state index in [4.69, 9.17) is 6.42 Å². The molecule has 1 aliphatic rings. The summed E-state index contributed by atoms with van der Waals surface area (Å²) in [7, 11) is 0. The summed E-state index contributed by atoms with van der Waals surface area (Å²) in [5.41, 5.74) is 21.2. The molecule has 11 aromatic rings. The van der Waals surface area contributed by atoms with Gasteiger partial charge in [0.1, 0.15) is 0 Å². The molecule has 0 aliphatic heterocycles. The van der Waals surface area contributed by atoms with Gasteiger partial charge in [-0.3, -0.25) is 0 Å². The highest BCUT2D eigenvalue weighted by molar-refractivity contribution is 6.32. The molecule has 0 heteroatoms. The van der Waals surface area contributed by atoms with Crippen LogP contribution in [0.2, 0.25) is 0 Å². The van der Waals surface area contributed by atoms with Crippen LogP contribution >= 0.6 is 0 Å². The van der Waals surface area contributed by atoms with E-state index in [1.54, 1.807) is 6.08 Å². The molecule has 2 unspecified atom stereocenters. The van der Waals surface area contributed by atoms with Gasteiger partial charge in [0.15, 0.2) is 0 Å². The van der Waals surface area contributed by atoms with E-state index in [2.05, 4.69) is 270 Å². The average Bonchev–Trinajstić information content (AvgIpc) is 3.72. The third kappa shape index (κ3) is 12.1. The molecule has 0 radical (unpaired) electrons. The fraction of sp³-hybridized carbons (Fsp3) is 0.175. The summed E-state index contributed by atoms with van der Waals surface area (Å²) in [6, 6.07) is 82.8. The fourth-order valence-corrected chi connectivity index (χ4v) is 11.6. The molecule has 12 rings (SSSR count). The largest absolute Gasteiger partial charge is 0.115 e. The van der Waals surface area contributed by atoms with Gasteiger partial charge in [-0.1, -0.05) is 302 Å². The van der Waals surface area contributed by atoms with Crippen molar-refractivity contribution in [3.8, 4) is 90.2 Å². The average molecular weight is 1040 g/mol. The van der Waals surface area contributed by atoms with E-state index in [1.807, 2.05) is 47.6 Å². The molecular weight excluding hydrogens is 961 g/mol. The van der Waals surface area contributed by atoms with E-state index in [1.165, 1.54) is 140 Å². The summed E-state index contributed by atoms with van der Waals surface area (Å²) >= 11 is 0. The summed E-state index contributed by atoms with van der Waals surface area (Å²) in [6.07, 6.45) is 16.1. The molecular formula is C80H78. The zero-order valence-electron chi connectivity index (χ0n) is 48.8. The highest BCUT2D eigenvalue weighted by atomic mass is 14.3. The Hall–Kier alpha value is -8.76. The smallest absolute Gasteiger partial charge is 0.00139 e. The number of rotatable bonds is 9. The van der Waals surface area contributed by atoms with E-state index < -0.39 is 0 Å². The number of hydrogen-bond acceptors (Lipinski definition) is 0. The predicted molar refractivity (Wildman–Crippen MR) is 354 cm³/mol. The zero-order chi connectivity index (χ0) is 56.5. The van der Waals surface area contributed by atoms with Gasteiger partial charge in [-0.2, -0.15) is 0 Å². The summed E-state index contributed by atoms with van der Waals surface area (Å²) < 4.78 is 0. The van der Waals surface area contributed by atoms with Crippen LogP contribution in [0.5, 0.6) is 0 Å². The van der Waals surface area contributed by atoms with Gasteiger partial charge in [-0.05, 0) is 174 Å². The van der Waals surface area contributed by atoms with Crippen molar-refractivity contribution < 1.29 is 0 Å². The van der Waals surface area contributed by atoms with Crippen LogP contribution in [0, 0.1) is 31.1 Å². The maximum atomic E-state index is 5.21. The van der Waals surface area contributed by atoms with E-state index >= 15 is 0 Å². The highest BCUT2D eigenvalue weighted by Crippen LogP contribution is 2.51. The van der Waals surface area contributed by atoms with Crippen molar-refractivity contribution in [3.63, 3.8) is 0 Å². The predicted octanol–water partition coefficient (Wildman–Crippen LogP) is 23.8. The molecule has 0 heterocycles. The quantitative estimate of drug-likeness (QED) is 0.0585.